The summed E-state index contributed by atoms with van der Waals surface area (Å²) < 4.78 is 5.01. The molecular formula is C16H23N3OS. The molecule has 1 aromatic heterocycles. The van der Waals surface area contributed by atoms with Crippen LogP contribution in [0.15, 0.2) is 29.6 Å². The van der Waals surface area contributed by atoms with Crippen molar-refractivity contribution in [3.05, 3.63) is 46.5 Å². The minimum absolute atomic E-state index is 0.727. The van der Waals surface area contributed by atoms with Gasteiger partial charge in [-0.15, -0.1) is 11.3 Å². The smallest absolute Gasteiger partial charge is 0.185 e. The van der Waals surface area contributed by atoms with E-state index in [0.29, 0.717) is 0 Å². The molecule has 0 aliphatic heterocycles. The molecule has 0 aliphatic rings. The van der Waals surface area contributed by atoms with Gasteiger partial charge in [0.2, 0.25) is 0 Å². The number of aromatic nitrogens is 1. The molecular weight excluding hydrogens is 282 g/mol. The van der Waals surface area contributed by atoms with E-state index in [9.17, 15) is 0 Å². The van der Waals surface area contributed by atoms with E-state index in [4.69, 9.17) is 4.74 Å². The minimum Gasteiger partial charge on any atom is -0.383 e. The Morgan fingerprint density at radius 2 is 2.05 bits per heavy atom. The van der Waals surface area contributed by atoms with Crippen molar-refractivity contribution in [2.45, 2.75) is 20.0 Å². The van der Waals surface area contributed by atoms with Crippen LogP contribution in [-0.2, 0) is 17.8 Å². The van der Waals surface area contributed by atoms with Crippen LogP contribution in [0.25, 0.3) is 0 Å². The molecule has 0 aliphatic carbocycles. The Morgan fingerprint density at radius 3 is 2.76 bits per heavy atom. The first kappa shape index (κ1) is 15.9. The summed E-state index contributed by atoms with van der Waals surface area (Å²) in [6.07, 6.45) is 0. The maximum atomic E-state index is 5.01. The van der Waals surface area contributed by atoms with E-state index in [1.165, 1.54) is 11.1 Å². The number of aryl methyl sites for hydroxylation is 1. The van der Waals surface area contributed by atoms with Gasteiger partial charge in [-0.05, 0) is 12.5 Å². The minimum atomic E-state index is 0.727. The Balaban J connectivity index is 1.86. The van der Waals surface area contributed by atoms with Gasteiger partial charge in [-0.3, -0.25) is 0 Å². The van der Waals surface area contributed by atoms with Crippen molar-refractivity contribution in [1.29, 1.82) is 0 Å². The number of rotatable bonds is 8. The van der Waals surface area contributed by atoms with Crippen LogP contribution in [0.4, 0.5) is 5.13 Å². The van der Waals surface area contributed by atoms with E-state index in [-0.39, 0.29) is 0 Å². The molecule has 0 radical (unpaired) electrons. The SMILES string of the molecule is COCCNCc1csc(N(C)Cc2ccc(C)cc2)n1. The lowest BCUT2D eigenvalue weighted by molar-refractivity contribution is 0.199. The predicted octanol–water partition coefficient (Wildman–Crippen LogP) is 2.82. The Morgan fingerprint density at radius 1 is 1.29 bits per heavy atom. The summed E-state index contributed by atoms with van der Waals surface area (Å²) in [6, 6.07) is 8.64. The molecule has 2 rings (SSSR count). The molecule has 21 heavy (non-hydrogen) atoms. The van der Waals surface area contributed by atoms with Gasteiger partial charge in [0.05, 0.1) is 12.3 Å². The normalized spacial score (nSPS) is 10.8. The monoisotopic (exact) mass is 305 g/mol. The van der Waals surface area contributed by atoms with E-state index in [0.717, 1.165) is 37.1 Å². The molecule has 114 valence electrons. The van der Waals surface area contributed by atoms with E-state index >= 15 is 0 Å². The summed E-state index contributed by atoms with van der Waals surface area (Å²) in [5, 5.41) is 6.48. The third-order valence-corrected chi connectivity index (χ3v) is 4.20. The molecule has 0 saturated carbocycles. The van der Waals surface area contributed by atoms with Crippen LogP contribution in [0.3, 0.4) is 0 Å². The highest BCUT2D eigenvalue weighted by atomic mass is 32.1. The van der Waals surface area contributed by atoms with Crippen LogP contribution >= 0.6 is 11.3 Å². The summed E-state index contributed by atoms with van der Waals surface area (Å²) >= 11 is 1.69. The second-order valence-electron chi connectivity index (χ2n) is 5.13. The van der Waals surface area contributed by atoms with Gasteiger partial charge in [-0.25, -0.2) is 4.98 Å². The number of benzene rings is 1. The number of methoxy groups -OCH3 is 1. The predicted molar refractivity (Wildman–Crippen MR) is 89.0 cm³/mol. The molecule has 1 N–H and O–H groups in total. The summed E-state index contributed by atoms with van der Waals surface area (Å²) in [5.41, 5.74) is 3.68. The largest absolute Gasteiger partial charge is 0.383 e. The Hall–Kier alpha value is -1.43. The summed E-state index contributed by atoms with van der Waals surface area (Å²) in [7, 11) is 3.80. The summed E-state index contributed by atoms with van der Waals surface area (Å²) in [5.74, 6) is 0. The maximum Gasteiger partial charge on any atom is 0.185 e. The van der Waals surface area contributed by atoms with Crippen molar-refractivity contribution in [3.63, 3.8) is 0 Å². The average Bonchev–Trinajstić information content (AvgIpc) is 2.95. The lowest BCUT2D eigenvalue weighted by Crippen LogP contribution is -2.19. The van der Waals surface area contributed by atoms with E-state index < -0.39 is 0 Å². The lowest BCUT2D eigenvalue weighted by atomic mass is 10.1. The standard InChI is InChI=1S/C16H23N3OS/c1-13-4-6-14(7-5-13)11-19(2)16-18-15(12-21-16)10-17-8-9-20-3/h4-7,12,17H,8-11H2,1-3H3. The lowest BCUT2D eigenvalue weighted by Gasteiger charge is -2.15. The van der Waals surface area contributed by atoms with E-state index in [1.807, 2.05) is 0 Å². The Labute approximate surface area is 130 Å². The van der Waals surface area contributed by atoms with Crippen molar-refractivity contribution in [1.82, 2.24) is 10.3 Å². The Bertz CT molecular complexity index is 539. The third kappa shape index (κ3) is 5.12. The topological polar surface area (TPSA) is 37.4 Å². The number of nitrogens with one attached hydrogen (secondary N) is 1. The molecule has 4 nitrogen and oxygen atoms in total. The molecule has 0 unspecified atom stereocenters. The van der Waals surface area contributed by atoms with Crippen molar-refractivity contribution >= 4 is 16.5 Å². The number of anilines is 1. The van der Waals surface area contributed by atoms with E-state index in [1.54, 1.807) is 18.4 Å². The van der Waals surface area contributed by atoms with Gasteiger partial charge in [0.25, 0.3) is 0 Å². The second kappa shape index (κ2) is 8.12. The number of ether oxygens (including phenoxy) is 1. The molecule has 5 heteroatoms. The Kier molecular flexibility index (Phi) is 6.17. The van der Waals surface area contributed by atoms with Gasteiger partial charge < -0.3 is 15.0 Å². The zero-order chi connectivity index (χ0) is 15.1. The molecule has 1 aromatic carbocycles. The second-order valence-corrected chi connectivity index (χ2v) is 5.97. The van der Waals surface area contributed by atoms with Crippen LogP contribution < -0.4 is 10.2 Å². The molecule has 0 saturated heterocycles. The fourth-order valence-electron chi connectivity index (χ4n) is 1.98. The zero-order valence-electron chi connectivity index (χ0n) is 12.9. The third-order valence-electron chi connectivity index (χ3n) is 3.20. The van der Waals surface area contributed by atoms with Crippen LogP contribution in [0.5, 0.6) is 0 Å². The molecule has 0 atom stereocenters. The van der Waals surface area contributed by atoms with Gasteiger partial charge in [0, 0.05) is 39.2 Å². The highest BCUT2D eigenvalue weighted by Crippen LogP contribution is 2.21. The van der Waals surface area contributed by atoms with Crippen molar-refractivity contribution < 1.29 is 4.74 Å². The number of nitrogens with zero attached hydrogens (tertiary/aromatic N) is 2. The summed E-state index contributed by atoms with van der Waals surface area (Å²) in [4.78, 5) is 6.85. The van der Waals surface area contributed by atoms with Crippen LogP contribution in [0, 0.1) is 6.92 Å². The molecule has 0 fully saturated rings. The van der Waals surface area contributed by atoms with Gasteiger partial charge in [0.15, 0.2) is 5.13 Å². The fraction of sp³-hybridized carbons (Fsp3) is 0.438. The average molecular weight is 305 g/mol. The highest BCUT2D eigenvalue weighted by molar-refractivity contribution is 7.13. The number of hydrogen-bond acceptors (Lipinski definition) is 5. The van der Waals surface area contributed by atoms with Crippen LogP contribution in [-0.4, -0.2) is 32.3 Å². The fourth-order valence-corrected chi connectivity index (χ4v) is 2.77. The molecule has 2 aromatic rings. The first-order valence-electron chi connectivity index (χ1n) is 7.10. The van der Waals surface area contributed by atoms with Crippen LogP contribution in [0.2, 0.25) is 0 Å². The summed E-state index contributed by atoms with van der Waals surface area (Å²) in [6.45, 7) is 5.35. The first-order chi connectivity index (χ1) is 10.2. The molecule has 0 spiro atoms. The zero-order valence-corrected chi connectivity index (χ0v) is 13.7. The maximum absolute atomic E-state index is 5.01. The quantitative estimate of drug-likeness (QED) is 0.761. The number of thiazole rings is 1. The van der Waals surface area contributed by atoms with Crippen molar-refractivity contribution in [3.8, 4) is 0 Å². The van der Waals surface area contributed by atoms with E-state index in [2.05, 4.69) is 58.8 Å². The van der Waals surface area contributed by atoms with Gasteiger partial charge in [-0.1, -0.05) is 29.8 Å². The molecule has 0 amide bonds. The first-order valence-corrected chi connectivity index (χ1v) is 7.97. The van der Waals surface area contributed by atoms with Crippen LogP contribution in [0.1, 0.15) is 16.8 Å². The molecule has 0 bridgehead atoms. The highest BCUT2D eigenvalue weighted by Gasteiger charge is 2.07. The number of hydrogen-bond donors (Lipinski definition) is 1. The van der Waals surface area contributed by atoms with Crippen molar-refractivity contribution in [2.24, 2.45) is 0 Å². The van der Waals surface area contributed by atoms with Gasteiger partial charge in [-0.2, -0.15) is 0 Å². The van der Waals surface area contributed by atoms with Crippen molar-refractivity contribution in [2.75, 3.05) is 32.2 Å². The van der Waals surface area contributed by atoms with Gasteiger partial charge >= 0.3 is 0 Å². The van der Waals surface area contributed by atoms with Gasteiger partial charge in [0.1, 0.15) is 0 Å². The molecule has 1 heterocycles.